The van der Waals surface area contributed by atoms with Gasteiger partial charge in [0.05, 0.1) is 0 Å². The number of hydrogen-bond acceptors (Lipinski definition) is 2. The lowest BCUT2D eigenvalue weighted by atomic mass is 9.62. The molecule has 0 spiro atoms. The van der Waals surface area contributed by atoms with Crippen LogP contribution in [0.5, 0.6) is 0 Å². The van der Waals surface area contributed by atoms with Crippen LogP contribution >= 0.6 is 0 Å². The van der Waals surface area contributed by atoms with Crippen LogP contribution in [-0.4, -0.2) is 6.54 Å². The Kier molecular flexibility index (Phi) is 2.72. The van der Waals surface area contributed by atoms with E-state index in [-0.39, 0.29) is 11.5 Å². The summed E-state index contributed by atoms with van der Waals surface area (Å²) in [5.74, 6) is 0. The first-order valence-corrected chi connectivity index (χ1v) is 6.82. The van der Waals surface area contributed by atoms with E-state index in [0.717, 1.165) is 6.54 Å². The predicted molar refractivity (Wildman–Crippen MR) is 70.7 cm³/mol. The first kappa shape index (κ1) is 11.2. The van der Waals surface area contributed by atoms with Crippen molar-refractivity contribution in [2.24, 2.45) is 16.9 Å². The molecule has 1 unspecified atom stereocenters. The van der Waals surface area contributed by atoms with Crippen LogP contribution in [0.25, 0.3) is 0 Å². The van der Waals surface area contributed by atoms with Crippen LogP contribution in [0.1, 0.15) is 48.4 Å². The quantitative estimate of drug-likeness (QED) is 0.837. The molecule has 1 aromatic rings. The van der Waals surface area contributed by atoms with Gasteiger partial charge in [0.15, 0.2) is 0 Å². The summed E-state index contributed by atoms with van der Waals surface area (Å²) < 4.78 is 0. The van der Waals surface area contributed by atoms with Gasteiger partial charge >= 0.3 is 0 Å². The Morgan fingerprint density at radius 1 is 1.12 bits per heavy atom. The van der Waals surface area contributed by atoms with Crippen molar-refractivity contribution in [2.75, 3.05) is 6.54 Å². The molecule has 2 heteroatoms. The predicted octanol–water partition coefficient (Wildman–Crippen LogP) is 2.30. The molecule has 0 aromatic heterocycles. The van der Waals surface area contributed by atoms with Crippen LogP contribution in [0.4, 0.5) is 0 Å². The molecule has 1 fully saturated rings. The molecular weight excluding hydrogens is 208 g/mol. The van der Waals surface area contributed by atoms with Gasteiger partial charge in [0, 0.05) is 11.5 Å². The lowest BCUT2D eigenvalue weighted by molar-refractivity contribution is 0.104. The second kappa shape index (κ2) is 4.11. The maximum Gasteiger partial charge on any atom is 0.0364 e. The largest absolute Gasteiger partial charge is 0.330 e. The Bertz CT molecular complexity index is 415. The fourth-order valence-electron chi connectivity index (χ4n) is 3.41. The van der Waals surface area contributed by atoms with Gasteiger partial charge in [0.25, 0.3) is 0 Å². The zero-order chi connectivity index (χ0) is 11.9. The Hall–Kier alpha value is -0.860. The number of benzene rings is 1. The first-order valence-electron chi connectivity index (χ1n) is 6.82. The van der Waals surface area contributed by atoms with Crippen LogP contribution in [0.15, 0.2) is 18.2 Å². The summed E-state index contributed by atoms with van der Waals surface area (Å²) in [4.78, 5) is 0. The van der Waals surface area contributed by atoms with Gasteiger partial charge in [0.1, 0.15) is 0 Å². The second-order valence-corrected chi connectivity index (χ2v) is 5.78. The standard InChI is InChI=1S/C15H22N2/c16-10-15(7-2-8-15)14(17)13-6-5-11-3-1-4-12(11)9-13/h5-6,9,14H,1-4,7-8,10,16-17H2. The average Bonchev–Trinajstić information content (AvgIpc) is 2.74. The molecule has 3 rings (SSSR count). The minimum absolute atomic E-state index is 0.132. The van der Waals surface area contributed by atoms with E-state index < -0.39 is 0 Å². The highest BCUT2D eigenvalue weighted by Gasteiger charge is 2.41. The summed E-state index contributed by atoms with van der Waals surface area (Å²) in [6, 6.07) is 6.97. The smallest absolute Gasteiger partial charge is 0.0364 e. The summed E-state index contributed by atoms with van der Waals surface area (Å²) in [6.45, 7) is 0.727. The number of nitrogens with two attached hydrogens (primary N) is 2. The minimum Gasteiger partial charge on any atom is -0.330 e. The van der Waals surface area contributed by atoms with Crippen molar-refractivity contribution >= 4 is 0 Å². The maximum absolute atomic E-state index is 6.46. The summed E-state index contributed by atoms with van der Waals surface area (Å²) in [5, 5.41) is 0. The van der Waals surface area contributed by atoms with E-state index in [9.17, 15) is 0 Å². The number of rotatable bonds is 3. The molecule has 2 aliphatic rings. The Morgan fingerprint density at radius 3 is 2.53 bits per heavy atom. The summed E-state index contributed by atoms with van der Waals surface area (Å²) >= 11 is 0. The molecule has 0 bridgehead atoms. The van der Waals surface area contributed by atoms with Crippen molar-refractivity contribution < 1.29 is 0 Å². The molecule has 0 saturated heterocycles. The van der Waals surface area contributed by atoms with E-state index in [2.05, 4.69) is 18.2 Å². The van der Waals surface area contributed by atoms with Crippen LogP contribution in [-0.2, 0) is 12.8 Å². The second-order valence-electron chi connectivity index (χ2n) is 5.78. The lowest BCUT2D eigenvalue weighted by Gasteiger charge is -2.46. The van der Waals surface area contributed by atoms with Crippen LogP contribution in [0.2, 0.25) is 0 Å². The van der Waals surface area contributed by atoms with E-state index in [1.807, 2.05) is 0 Å². The zero-order valence-corrected chi connectivity index (χ0v) is 10.4. The Balaban J connectivity index is 1.88. The number of hydrogen-bond donors (Lipinski definition) is 2. The van der Waals surface area contributed by atoms with Gasteiger partial charge in [-0.3, -0.25) is 0 Å². The molecule has 2 aliphatic carbocycles. The summed E-state index contributed by atoms with van der Waals surface area (Å²) in [6.07, 6.45) is 7.45. The van der Waals surface area contributed by atoms with Gasteiger partial charge in [-0.05, 0) is 55.3 Å². The lowest BCUT2D eigenvalue weighted by Crippen LogP contribution is -2.46. The fourth-order valence-corrected chi connectivity index (χ4v) is 3.41. The monoisotopic (exact) mass is 230 g/mol. The maximum atomic E-state index is 6.46. The van der Waals surface area contributed by atoms with E-state index in [1.54, 1.807) is 0 Å². The molecule has 92 valence electrons. The highest BCUT2D eigenvalue weighted by atomic mass is 14.8. The molecule has 1 saturated carbocycles. The molecule has 0 radical (unpaired) electrons. The van der Waals surface area contributed by atoms with Gasteiger partial charge in [-0.25, -0.2) is 0 Å². The molecular formula is C15H22N2. The zero-order valence-electron chi connectivity index (χ0n) is 10.4. The first-order chi connectivity index (χ1) is 8.25. The molecule has 17 heavy (non-hydrogen) atoms. The molecule has 2 nitrogen and oxygen atoms in total. The van der Waals surface area contributed by atoms with Crippen LogP contribution in [0.3, 0.4) is 0 Å². The van der Waals surface area contributed by atoms with Crippen molar-refractivity contribution in [3.8, 4) is 0 Å². The summed E-state index contributed by atoms with van der Waals surface area (Å²) in [5.41, 5.74) is 16.9. The van der Waals surface area contributed by atoms with Gasteiger partial charge in [-0.1, -0.05) is 24.6 Å². The molecule has 0 amide bonds. The molecule has 0 heterocycles. The highest BCUT2D eigenvalue weighted by Crippen LogP contribution is 2.48. The van der Waals surface area contributed by atoms with Crippen molar-refractivity contribution in [1.82, 2.24) is 0 Å². The molecule has 1 atom stereocenters. The van der Waals surface area contributed by atoms with E-state index in [4.69, 9.17) is 11.5 Å². The molecule has 1 aromatic carbocycles. The third-order valence-corrected chi connectivity index (χ3v) is 4.90. The normalized spacial score (nSPS) is 22.9. The van der Waals surface area contributed by atoms with Gasteiger partial charge in [-0.15, -0.1) is 0 Å². The van der Waals surface area contributed by atoms with Crippen LogP contribution in [0, 0.1) is 5.41 Å². The minimum atomic E-state index is 0.132. The average molecular weight is 230 g/mol. The number of fused-ring (bicyclic) bond motifs is 1. The van der Waals surface area contributed by atoms with E-state index >= 15 is 0 Å². The van der Waals surface area contributed by atoms with Crippen molar-refractivity contribution in [3.05, 3.63) is 34.9 Å². The highest BCUT2D eigenvalue weighted by molar-refractivity contribution is 5.37. The van der Waals surface area contributed by atoms with Gasteiger partial charge in [0.2, 0.25) is 0 Å². The SMILES string of the molecule is NCC1(C(N)c2ccc3c(c2)CCC3)CCC1. The Labute approximate surface area is 103 Å². The van der Waals surface area contributed by atoms with Crippen molar-refractivity contribution in [1.29, 1.82) is 0 Å². The van der Waals surface area contributed by atoms with Gasteiger partial charge in [-0.2, -0.15) is 0 Å². The van der Waals surface area contributed by atoms with Gasteiger partial charge < -0.3 is 11.5 Å². The number of aryl methyl sites for hydroxylation is 2. The third-order valence-electron chi connectivity index (χ3n) is 4.90. The van der Waals surface area contributed by atoms with Crippen LogP contribution < -0.4 is 11.5 Å². The van der Waals surface area contributed by atoms with Crippen molar-refractivity contribution in [3.63, 3.8) is 0 Å². The Morgan fingerprint density at radius 2 is 1.88 bits per heavy atom. The fraction of sp³-hybridized carbons (Fsp3) is 0.600. The topological polar surface area (TPSA) is 52.0 Å². The van der Waals surface area contributed by atoms with E-state index in [0.29, 0.717) is 0 Å². The molecule has 0 aliphatic heterocycles. The summed E-state index contributed by atoms with van der Waals surface area (Å²) in [7, 11) is 0. The van der Waals surface area contributed by atoms with Crippen molar-refractivity contribution in [2.45, 2.75) is 44.6 Å². The van der Waals surface area contributed by atoms with E-state index in [1.165, 1.54) is 55.2 Å². The molecule has 4 N–H and O–H groups in total. The third kappa shape index (κ3) is 1.71.